The molecule has 2 aromatic heterocycles. The van der Waals surface area contributed by atoms with Crippen molar-refractivity contribution in [2.24, 2.45) is 0 Å². The lowest BCUT2D eigenvalue weighted by molar-refractivity contribution is -0.123. The Bertz CT molecular complexity index is 1070. The van der Waals surface area contributed by atoms with Crippen molar-refractivity contribution in [1.82, 2.24) is 20.5 Å². The largest absolute Gasteiger partial charge is 0.373 e. The molecule has 7 nitrogen and oxygen atoms in total. The maximum Gasteiger partial charge on any atom is 0.262 e. The van der Waals surface area contributed by atoms with E-state index in [9.17, 15) is 9.59 Å². The molecule has 0 aliphatic carbocycles. The number of thiophene rings is 1. The number of benzene rings is 1. The number of para-hydroxylation sites is 1. The van der Waals surface area contributed by atoms with Crippen LogP contribution in [0.2, 0.25) is 0 Å². The van der Waals surface area contributed by atoms with Crippen LogP contribution in [0.15, 0.2) is 48.0 Å². The molecule has 1 fully saturated rings. The fourth-order valence-electron chi connectivity index (χ4n) is 4.44. The van der Waals surface area contributed by atoms with Gasteiger partial charge in [-0.3, -0.25) is 14.5 Å². The molecule has 3 heterocycles. The van der Waals surface area contributed by atoms with Crippen LogP contribution in [0.1, 0.15) is 36.0 Å². The first-order valence-electron chi connectivity index (χ1n) is 11.5. The van der Waals surface area contributed by atoms with Crippen molar-refractivity contribution in [2.75, 3.05) is 19.6 Å². The van der Waals surface area contributed by atoms with Gasteiger partial charge < -0.3 is 20.4 Å². The third-order valence-corrected chi connectivity index (χ3v) is 6.98. The van der Waals surface area contributed by atoms with Crippen LogP contribution >= 0.6 is 11.3 Å². The molecule has 3 N–H and O–H groups in total. The first kappa shape index (κ1) is 23.5. The number of hydrogen-bond donors (Lipinski definition) is 3. The highest BCUT2D eigenvalue weighted by molar-refractivity contribution is 7.12. The fourth-order valence-corrected chi connectivity index (χ4v) is 5.07. The standard InChI is InChI=1S/C25H32N4O3S/c1-16(29-14-17(2)32-18(3)15-29)12-27-24(30)22(28-25(31)23-9-6-10-33-23)11-19-13-26-21-8-5-4-7-20(19)21/h4-10,13,16-18,22,26H,11-12,14-15H2,1-3H3,(H,27,30)(H,28,31)/t16-,17-,18+,22+/m1/s1. The summed E-state index contributed by atoms with van der Waals surface area (Å²) < 4.78 is 5.82. The average molecular weight is 469 g/mol. The van der Waals surface area contributed by atoms with Crippen molar-refractivity contribution in [3.8, 4) is 0 Å². The third-order valence-electron chi connectivity index (χ3n) is 6.11. The van der Waals surface area contributed by atoms with Gasteiger partial charge in [0.2, 0.25) is 5.91 Å². The number of aromatic nitrogens is 1. The summed E-state index contributed by atoms with van der Waals surface area (Å²) in [6, 6.07) is 11.1. The number of aromatic amines is 1. The quantitative estimate of drug-likeness (QED) is 0.474. The molecule has 1 aliphatic heterocycles. The van der Waals surface area contributed by atoms with Gasteiger partial charge in [-0.15, -0.1) is 11.3 Å². The maximum absolute atomic E-state index is 13.3. The van der Waals surface area contributed by atoms with E-state index in [2.05, 4.69) is 41.3 Å². The summed E-state index contributed by atoms with van der Waals surface area (Å²) in [4.78, 5) is 32.2. The van der Waals surface area contributed by atoms with Crippen LogP contribution in [0.3, 0.4) is 0 Å². The minimum absolute atomic E-state index is 0.171. The molecule has 1 saturated heterocycles. The number of nitrogens with zero attached hydrogens (tertiary/aromatic N) is 1. The molecule has 0 bridgehead atoms. The Labute approximate surface area is 198 Å². The monoisotopic (exact) mass is 468 g/mol. The summed E-state index contributed by atoms with van der Waals surface area (Å²) in [5, 5.41) is 8.95. The highest BCUT2D eigenvalue weighted by Gasteiger charge is 2.28. The van der Waals surface area contributed by atoms with Gasteiger partial charge in [0.25, 0.3) is 5.91 Å². The van der Waals surface area contributed by atoms with Crippen LogP contribution < -0.4 is 10.6 Å². The summed E-state index contributed by atoms with van der Waals surface area (Å²) in [7, 11) is 0. The maximum atomic E-state index is 13.3. The van der Waals surface area contributed by atoms with Gasteiger partial charge in [0.1, 0.15) is 6.04 Å². The molecule has 0 spiro atoms. The second kappa shape index (κ2) is 10.5. The number of carbonyl (C=O) groups is 2. The van der Waals surface area contributed by atoms with Crippen molar-refractivity contribution in [3.05, 3.63) is 58.4 Å². The van der Waals surface area contributed by atoms with E-state index in [0.717, 1.165) is 29.6 Å². The highest BCUT2D eigenvalue weighted by atomic mass is 32.1. The average Bonchev–Trinajstić information content (AvgIpc) is 3.47. The lowest BCUT2D eigenvalue weighted by Gasteiger charge is -2.39. The third kappa shape index (κ3) is 5.82. The van der Waals surface area contributed by atoms with Crippen LogP contribution in [-0.2, 0) is 16.0 Å². The van der Waals surface area contributed by atoms with Crippen LogP contribution in [0.5, 0.6) is 0 Å². The van der Waals surface area contributed by atoms with E-state index in [-0.39, 0.29) is 30.1 Å². The van der Waals surface area contributed by atoms with Crippen LogP contribution in [0, 0.1) is 0 Å². The Kier molecular flexibility index (Phi) is 7.47. The van der Waals surface area contributed by atoms with Crippen molar-refractivity contribution in [1.29, 1.82) is 0 Å². The van der Waals surface area contributed by atoms with E-state index in [1.165, 1.54) is 11.3 Å². The number of carbonyl (C=O) groups excluding carboxylic acids is 2. The normalized spacial score (nSPS) is 20.9. The SMILES string of the molecule is C[C@@H]1CN([C@H](C)CNC(=O)[C@H](Cc2c[nH]c3ccccc23)NC(=O)c2cccs2)C[C@H](C)O1. The molecule has 3 aromatic rings. The summed E-state index contributed by atoms with van der Waals surface area (Å²) >= 11 is 1.36. The van der Waals surface area contributed by atoms with Crippen LogP contribution in [0.4, 0.5) is 0 Å². The first-order valence-corrected chi connectivity index (χ1v) is 12.3. The van der Waals surface area contributed by atoms with Gasteiger partial charge in [-0.25, -0.2) is 0 Å². The zero-order chi connectivity index (χ0) is 23.4. The minimum Gasteiger partial charge on any atom is -0.373 e. The number of rotatable bonds is 8. The number of nitrogens with one attached hydrogen (secondary N) is 3. The highest BCUT2D eigenvalue weighted by Crippen LogP contribution is 2.20. The zero-order valence-corrected chi connectivity index (χ0v) is 20.2. The lowest BCUT2D eigenvalue weighted by Crippen LogP contribution is -2.54. The first-order chi connectivity index (χ1) is 15.9. The van der Waals surface area contributed by atoms with E-state index in [4.69, 9.17) is 4.74 Å². The Morgan fingerprint density at radius 1 is 1.18 bits per heavy atom. The Hall–Kier alpha value is -2.68. The van der Waals surface area contributed by atoms with Gasteiger partial charge in [-0.2, -0.15) is 0 Å². The molecule has 0 radical (unpaired) electrons. The second-order valence-corrected chi connectivity index (χ2v) is 9.82. The van der Waals surface area contributed by atoms with Crippen LogP contribution in [0.25, 0.3) is 10.9 Å². The molecule has 0 unspecified atom stereocenters. The van der Waals surface area contributed by atoms with Crippen molar-refractivity contribution < 1.29 is 14.3 Å². The number of fused-ring (bicyclic) bond motifs is 1. The van der Waals surface area contributed by atoms with E-state index in [0.29, 0.717) is 17.8 Å². The molecule has 4 atom stereocenters. The number of amides is 2. The lowest BCUT2D eigenvalue weighted by atomic mass is 10.0. The summed E-state index contributed by atoms with van der Waals surface area (Å²) in [5.41, 5.74) is 2.02. The number of morpholine rings is 1. The minimum atomic E-state index is -0.673. The predicted octanol–water partition coefficient (Wildman–Crippen LogP) is 3.18. The summed E-state index contributed by atoms with van der Waals surface area (Å²) in [6.45, 7) is 8.46. The molecule has 2 amide bonds. The van der Waals surface area contributed by atoms with Crippen molar-refractivity contribution in [2.45, 2.75) is 51.5 Å². The van der Waals surface area contributed by atoms with E-state index >= 15 is 0 Å². The molecular weight excluding hydrogens is 436 g/mol. The van der Waals surface area contributed by atoms with Gasteiger partial charge in [0, 0.05) is 49.2 Å². The number of hydrogen-bond acceptors (Lipinski definition) is 5. The van der Waals surface area contributed by atoms with E-state index in [1.54, 1.807) is 6.07 Å². The molecule has 176 valence electrons. The van der Waals surface area contributed by atoms with Gasteiger partial charge in [-0.05, 0) is 43.8 Å². The molecule has 0 saturated carbocycles. The molecule has 33 heavy (non-hydrogen) atoms. The topological polar surface area (TPSA) is 86.5 Å². The molecule has 4 rings (SSSR count). The van der Waals surface area contributed by atoms with Crippen molar-refractivity contribution in [3.63, 3.8) is 0 Å². The Balaban J connectivity index is 1.45. The smallest absolute Gasteiger partial charge is 0.262 e. The molecular formula is C25H32N4O3S. The van der Waals surface area contributed by atoms with Crippen molar-refractivity contribution >= 4 is 34.1 Å². The number of H-pyrrole nitrogens is 1. The van der Waals surface area contributed by atoms with Gasteiger partial charge in [-0.1, -0.05) is 24.3 Å². The Morgan fingerprint density at radius 3 is 2.67 bits per heavy atom. The summed E-state index contributed by atoms with van der Waals surface area (Å²) in [6.07, 6.45) is 2.67. The fraction of sp³-hybridized carbons (Fsp3) is 0.440. The van der Waals surface area contributed by atoms with E-state index < -0.39 is 6.04 Å². The second-order valence-electron chi connectivity index (χ2n) is 8.87. The molecule has 1 aromatic carbocycles. The zero-order valence-electron chi connectivity index (χ0n) is 19.3. The van der Waals surface area contributed by atoms with Crippen LogP contribution in [-0.4, -0.2) is 65.6 Å². The number of ether oxygens (including phenoxy) is 1. The molecule has 8 heteroatoms. The van der Waals surface area contributed by atoms with Gasteiger partial charge in [0.15, 0.2) is 0 Å². The van der Waals surface area contributed by atoms with Gasteiger partial charge >= 0.3 is 0 Å². The Morgan fingerprint density at radius 2 is 1.94 bits per heavy atom. The molecule has 1 aliphatic rings. The predicted molar refractivity (Wildman–Crippen MR) is 132 cm³/mol. The summed E-state index contributed by atoms with van der Waals surface area (Å²) in [5.74, 6) is -0.403. The van der Waals surface area contributed by atoms with Gasteiger partial charge in [0.05, 0.1) is 17.1 Å². The van der Waals surface area contributed by atoms with E-state index in [1.807, 2.05) is 41.9 Å².